The Kier molecular flexibility index (Phi) is 5.36. The van der Waals surface area contributed by atoms with Gasteiger partial charge < -0.3 is 20.1 Å². The van der Waals surface area contributed by atoms with Gasteiger partial charge in [-0.15, -0.1) is 0 Å². The molecular weight excluding hydrogens is 465 g/mol. The molecule has 0 radical (unpaired) electrons. The van der Waals surface area contributed by atoms with Crippen LogP contribution >= 0.6 is 0 Å². The number of anilines is 1. The molecule has 10 nitrogen and oxygen atoms in total. The molecule has 1 aromatic carbocycles. The SMILES string of the molecule is CN(C)S(=O)(=O)c1nn2ccc(N3CCCC3c3cc(F)c4c(c3)OCCO4)cc2c1C(N)=O. The lowest BCUT2D eigenvalue weighted by atomic mass is 10.0. The maximum Gasteiger partial charge on any atom is 0.262 e. The number of rotatable bonds is 5. The Morgan fingerprint density at radius 3 is 2.74 bits per heavy atom. The second-order valence-electron chi connectivity index (χ2n) is 8.42. The molecule has 12 heteroatoms. The fourth-order valence-electron chi connectivity index (χ4n) is 4.52. The summed E-state index contributed by atoms with van der Waals surface area (Å²) in [6, 6.07) is 6.59. The quantitative estimate of drug-likeness (QED) is 0.582. The topological polar surface area (TPSA) is 119 Å². The van der Waals surface area contributed by atoms with Gasteiger partial charge in [0.15, 0.2) is 17.3 Å². The van der Waals surface area contributed by atoms with E-state index in [1.807, 2.05) is 0 Å². The molecule has 34 heavy (non-hydrogen) atoms. The maximum absolute atomic E-state index is 14.7. The molecule has 5 rings (SSSR count). The number of sulfonamides is 1. The van der Waals surface area contributed by atoms with Gasteiger partial charge in [0.05, 0.1) is 11.6 Å². The number of carbonyl (C=O) groups excluding carboxylic acids is 1. The van der Waals surface area contributed by atoms with E-state index in [0.717, 1.165) is 28.4 Å². The molecule has 2 aliphatic rings. The van der Waals surface area contributed by atoms with Gasteiger partial charge in [0.2, 0.25) is 5.03 Å². The summed E-state index contributed by atoms with van der Waals surface area (Å²) in [6.07, 6.45) is 3.24. The molecule has 0 aliphatic carbocycles. The summed E-state index contributed by atoms with van der Waals surface area (Å²) in [7, 11) is -1.28. The minimum absolute atomic E-state index is 0.126. The molecule has 1 atom stereocenters. The standard InChI is InChI=1S/C22H24FN5O5S/c1-26(2)34(30,31)22-19(21(24)29)17-12-14(5-7-28(17)25-22)27-6-3-4-16(27)13-10-15(23)20-18(11-13)32-8-9-33-20/h5,7,10-12,16H,3-4,6,8-9H2,1-2H3,(H2,24,29). The maximum atomic E-state index is 14.7. The third-order valence-electron chi connectivity index (χ3n) is 6.15. The molecule has 2 N–H and O–H groups in total. The summed E-state index contributed by atoms with van der Waals surface area (Å²) in [6.45, 7) is 1.36. The van der Waals surface area contributed by atoms with Crippen molar-refractivity contribution in [2.24, 2.45) is 5.73 Å². The van der Waals surface area contributed by atoms with Gasteiger partial charge in [-0.05, 0) is 42.7 Å². The number of carbonyl (C=O) groups is 1. The number of aromatic nitrogens is 2. The lowest BCUT2D eigenvalue weighted by Gasteiger charge is -2.28. The van der Waals surface area contributed by atoms with Crippen LogP contribution in [0.25, 0.3) is 5.52 Å². The first-order valence-corrected chi connectivity index (χ1v) is 12.2. The zero-order chi connectivity index (χ0) is 24.2. The van der Waals surface area contributed by atoms with Crippen LogP contribution in [0.5, 0.6) is 11.5 Å². The molecule has 0 bridgehead atoms. The van der Waals surface area contributed by atoms with Crippen LogP contribution in [0, 0.1) is 5.82 Å². The summed E-state index contributed by atoms with van der Waals surface area (Å²) >= 11 is 0. The number of pyridine rings is 1. The number of nitrogens with two attached hydrogens (primary N) is 1. The highest BCUT2D eigenvalue weighted by Crippen LogP contribution is 2.42. The predicted molar refractivity (Wildman–Crippen MR) is 121 cm³/mol. The number of fused-ring (bicyclic) bond motifs is 2. The largest absolute Gasteiger partial charge is 0.486 e. The van der Waals surface area contributed by atoms with Crippen molar-refractivity contribution in [1.29, 1.82) is 0 Å². The Morgan fingerprint density at radius 1 is 1.24 bits per heavy atom. The van der Waals surface area contributed by atoms with Crippen LogP contribution in [0.1, 0.15) is 34.8 Å². The van der Waals surface area contributed by atoms with Crippen LogP contribution in [0.2, 0.25) is 0 Å². The monoisotopic (exact) mass is 489 g/mol. The molecule has 1 amide bonds. The van der Waals surface area contributed by atoms with Crippen LogP contribution in [0.4, 0.5) is 10.1 Å². The fraction of sp³-hybridized carbons (Fsp3) is 0.364. The van der Waals surface area contributed by atoms with Crippen LogP contribution < -0.4 is 20.1 Å². The molecule has 2 aliphatic heterocycles. The Labute approximate surface area is 195 Å². The first-order chi connectivity index (χ1) is 16.2. The molecule has 0 saturated carbocycles. The normalized spacial score (nSPS) is 18.1. The average molecular weight is 490 g/mol. The Balaban J connectivity index is 1.59. The average Bonchev–Trinajstić information content (AvgIpc) is 3.44. The second-order valence-corrected chi connectivity index (χ2v) is 10.5. The van der Waals surface area contributed by atoms with Crippen LogP contribution in [-0.4, -0.2) is 62.1 Å². The molecule has 1 saturated heterocycles. The summed E-state index contributed by atoms with van der Waals surface area (Å²) in [5, 5.41) is 3.72. The van der Waals surface area contributed by atoms with Crippen molar-refractivity contribution in [1.82, 2.24) is 13.9 Å². The molecule has 1 fully saturated rings. The summed E-state index contributed by atoms with van der Waals surface area (Å²) < 4.78 is 53.4. The number of benzene rings is 1. The van der Waals surface area contributed by atoms with Gasteiger partial charge in [-0.25, -0.2) is 21.6 Å². The second kappa shape index (κ2) is 8.13. The van der Waals surface area contributed by atoms with Crippen molar-refractivity contribution in [3.63, 3.8) is 0 Å². The first-order valence-electron chi connectivity index (χ1n) is 10.8. The van der Waals surface area contributed by atoms with Crippen LogP contribution in [-0.2, 0) is 10.0 Å². The Hall–Kier alpha value is -3.38. The van der Waals surface area contributed by atoms with Crippen LogP contribution in [0.15, 0.2) is 35.5 Å². The van der Waals surface area contributed by atoms with Gasteiger partial charge in [-0.1, -0.05) is 0 Å². The number of ether oxygens (including phenoxy) is 2. The van der Waals surface area contributed by atoms with E-state index in [4.69, 9.17) is 15.2 Å². The van der Waals surface area contributed by atoms with E-state index in [2.05, 4.69) is 10.00 Å². The van der Waals surface area contributed by atoms with Gasteiger partial charge >= 0.3 is 0 Å². The van der Waals surface area contributed by atoms with Gasteiger partial charge in [0.25, 0.3) is 15.9 Å². The molecule has 2 aromatic heterocycles. The highest BCUT2D eigenvalue weighted by Gasteiger charge is 2.32. The number of halogens is 1. The Morgan fingerprint density at radius 2 is 2.00 bits per heavy atom. The van der Waals surface area contributed by atoms with Crippen molar-refractivity contribution in [2.75, 3.05) is 38.8 Å². The number of nitrogens with zero attached hydrogens (tertiary/aromatic N) is 4. The molecule has 4 heterocycles. The van der Waals surface area contributed by atoms with Crippen molar-refractivity contribution in [2.45, 2.75) is 23.9 Å². The third-order valence-corrected chi connectivity index (χ3v) is 7.88. The van der Waals surface area contributed by atoms with Crippen LogP contribution in [0.3, 0.4) is 0 Å². The highest BCUT2D eigenvalue weighted by molar-refractivity contribution is 7.89. The van der Waals surface area contributed by atoms with E-state index in [-0.39, 0.29) is 22.9 Å². The Bertz CT molecular complexity index is 1400. The zero-order valence-corrected chi connectivity index (χ0v) is 19.5. The van der Waals surface area contributed by atoms with Crippen molar-refractivity contribution >= 4 is 27.1 Å². The van der Waals surface area contributed by atoms with E-state index in [1.54, 1.807) is 24.4 Å². The smallest absolute Gasteiger partial charge is 0.262 e. The first kappa shape index (κ1) is 22.4. The van der Waals surface area contributed by atoms with E-state index >= 15 is 0 Å². The number of amides is 1. The minimum atomic E-state index is -3.99. The number of primary amides is 1. The van der Waals surface area contributed by atoms with E-state index < -0.39 is 26.8 Å². The van der Waals surface area contributed by atoms with Gasteiger partial charge in [-0.2, -0.15) is 5.10 Å². The summed E-state index contributed by atoms with van der Waals surface area (Å²) in [5.41, 5.74) is 7.17. The van der Waals surface area contributed by atoms with E-state index in [9.17, 15) is 17.6 Å². The van der Waals surface area contributed by atoms with Gasteiger partial charge in [-0.3, -0.25) is 4.79 Å². The van der Waals surface area contributed by atoms with Crippen molar-refractivity contribution < 1.29 is 27.1 Å². The lowest BCUT2D eigenvalue weighted by Crippen LogP contribution is -2.25. The molecule has 1 unspecified atom stereocenters. The van der Waals surface area contributed by atoms with Crippen molar-refractivity contribution in [3.05, 3.63) is 47.4 Å². The number of hydrogen-bond acceptors (Lipinski definition) is 7. The summed E-state index contributed by atoms with van der Waals surface area (Å²) in [5.74, 6) is -0.853. The molecule has 180 valence electrons. The predicted octanol–water partition coefficient (Wildman–Crippen LogP) is 1.94. The summed E-state index contributed by atoms with van der Waals surface area (Å²) in [4.78, 5) is 14.3. The van der Waals surface area contributed by atoms with Gasteiger partial charge in [0.1, 0.15) is 18.8 Å². The molecular formula is C22H24FN5O5S. The minimum Gasteiger partial charge on any atom is -0.486 e. The highest BCUT2D eigenvalue weighted by atomic mass is 32.2. The van der Waals surface area contributed by atoms with Crippen molar-refractivity contribution in [3.8, 4) is 11.5 Å². The van der Waals surface area contributed by atoms with E-state index in [1.165, 1.54) is 24.7 Å². The fourth-order valence-corrected chi connectivity index (χ4v) is 5.52. The van der Waals surface area contributed by atoms with Gasteiger partial charge in [0, 0.05) is 32.5 Å². The molecule has 0 spiro atoms. The molecule has 3 aromatic rings. The zero-order valence-electron chi connectivity index (χ0n) is 18.7. The number of hydrogen-bond donors (Lipinski definition) is 1. The lowest BCUT2D eigenvalue weighted by molar-refractivity contribution is 0.0998. The third kappa shape index (κ3) is 3.53. The van der Waals surface area contributed by atoms with E-state index in [0.29, 0.717) is 25.5 Å².